The van der Waals surface area contributed by atoms with E-state index in [0.717, 1.165) is 29.9 Å². The molecular weight excluding hydrogens is 378 g/mol. The van der Waals surface area contributed by atoms with E-state index >= 15 is 0 Å². The molecule has 0 aliphatic rings. The third-order valence-corrected chi connectivity index (χ3v) is 4.44. The number of methoxy groups -OCH3 is 1. The van der Waals surface area contributed by atoms with Crippen LogP contribution in [0.4, 0.5) is 5.69 Å². The topological polar surface area (TPSA) is 56.8 Å². The summed E-state index contributed by atoms with van der Waals surface area (Å²) in [4.78, 5) is 12.3. The predicted molar refractivity (Wildman–Crippen MR) is 113 cm³/mol. The van der Waals surface area contributed by atoms with Crippen molar-refractivity contribution in [1.82, 2.24) is 0 Å². The molecule has 5 nitrogen and oxygen atoms in total. The molecule has 6 heteroatoms. The summed E-state index contributed by atoms with van der Waals surface area (Å²) in [6, 6.07) is 11.0. The summed E-state index contributed by atoms with van der Waals surface area (Å²) in [5.41, 5.74) is 1.67. The van der Waals surface area contributed by atoms with Crippen molar-refractivity contribution in [2.75, 3.05) is 25.6 Å². The minimum Gasteiger partial charge on any atom is -0.495 e. The molecule has 0 aliphatic carbocycles. The molecule has 2 rings (SSSR count). The van der Waals surface area contributed by atoms with Gasteiger partial charge >= 0.3 is 0 Å². The molecule has 0 aliphatic heterocycles. The van der Waals surface area contributed by atoms with Crippen molar-refractivity contribution < 1.29 is 19.0 Å². The standard InChI is InChI=1S/C22H28ClNO4/c1-4-6-13-28-20-10-7-16(14-21(20)27-5-2)8-12-22(25)24-17-9-11-19(26-3)18(23)15-17/h7,9-11,14-15H,4-6,8,12-13H2,1-3H3,(H,24,25). The highest BCUT2D eigenvalue weighted by Gasteiger charge is 2.10. The molecule has 0 heterocycles. The van der Waals surface area contributed by atoms with E-state index in [1.54, 1.807) is 25.3 Å². The summed E-state index contributed by atoms with van der Waals surface area (Å²) < 4.78 is 16.6. The van der Waals surface area contributed by atoms with Crippen LogP contribution < -0.4 is 19.5 Å². The van der Waals surface area contributed by atoms with E-state index in [0.29, 0.717) is 42.5 Å². The van der Waals surface area contributed by atoms with Gasteiger partial charge in [0.15, 0.2) is 11.5 Å². The molecule has 1 amide bonds. The van der Waals surface area contributed by atoms with Crippen molar-refractivity contribution in [3.05, 3.63) is 47.0 Å². The number of aryl methyl sites for hydroxylation is 1. The van der Waals surface area contributed by atoms with E-state index in [2.05, 4.69) is 12.2 Å². The Morgan fingerprint density at radius 2 is 1.82 bits per heavy atom. The molecule has 0 radical (unpaired) electrons. The first-order valence-electron chi connectivity index (χ1n) is 9.59. The fraction of sp³-hybridized carbons (Fsp3) is 0.409. The van der Waals surface area contributed by atoms with Crippen LogP contribution in [-0.4, -0.2) is 26.2 Å². The molecule has 28 heavy (non-hydrogen) atoms. The average Bonchev–Trinajstić information content (AvgIpc) is 2.68. The summed E-state index contributed by atoms with van der Waals surface area (Å²) >= 11 is 6.09. The first-order valence-corrected chi connectivity index (χ1v) is 9.97. The van der Waals surface area contributed by atoms with E-state index in [4.69, 9.17) is 25.8 Å². The Hall–Kier alpha value is -2.40. The maximum absolute atomic E-state index is 12.3. The van der Waals surface area contributed by atoms with Gasteiger partial charge in [-0.05, 0) is 55.7 Å². The maximum Gasteiger partial charge on any atom is 0.224 e. The van der Waals surface area contributed by atoms with Crippen LogP contribution in [0, 0.1) is 0 Å². The number of amides is 1. The average molecular weight is 406 g/mol. The van der Waals surface area contributed by atoms with Gasteiger partial charge < -0.3 is 19.5 Å². The van der Waals surface area contributed by atoms with Gasteiger partial charge in [-0.25, -0.2) is 0 Å². The number of hydrogen-bond donors (Lipinski definition) is 1. The van der Waals surface area contributed by atoms with Gasteiger partial charge in [0.1, 0.15) is 5.75 Å². The second-order valence-corrected chi connectivity index (χ2v) is 6.72. The number of nitrogens with one attached hydrogen (secondary N) is 1. The number of benzene rings is 2. The van der Waals surface area contributed by atoms with E-state index in [9.17, 15) is 4.79 Å². The number of rotatable bonds is 11. The van der Waals surface area contributed by atoms with Crippen LogP contribution in [-0.2, 0) is 11.2 Å². The lowest BCUT2D eigenvalue weighted by molar-refractivity contribution is -0.116. The van der Waals surface area contributed by atoms with Crippen molar-refractivity contribution >= 4 is 23.2 Å². The number of anilines is 1. The van der Waals surface area contributed by atoms with Gasteiger partial charge in [0.2, 0.25) is 5.91 Å². The van der Waals surface area contributed by atoms with Crippen LogP contribution in [0.1, 0.15) is 38.7 Å². The SMILES string of the molecule is CCCCOc1ccc(CCC(=O)Nc2ccc(OC)c(Cl)c2)cc1OCC. The number of carbonyl (C=O) groups is 1. The van der Waals surface area contributed by atoms with Crippen molar-refractivity contribution in [1.29, 1.82) is 0 Å². The molecule has 0 bridgehead atoms. The normalized spacial score (nSPS) is 10.4. The van der Waals surface area contributed by atoms with Crippen molar-refractivity contribution in [2.24, 2.45) is 0 Å². The summed E-state index contributed by atoms with van der Waals surface area (Å²) in [5.74, 6) is 1.96. The van der Waals surface area contributed by atoms with Crippen LogP contribution in [0.15, 0.2) is 36.4 Å². The lowest BCUT2D eigenvalue weighted by Crippen LogP contribution is -2.12. The molecule has 0 aromatic heterocycles. The van der Waals surface area contributed by atoms with Crippen LogP contribution in [0.25, 0.3) is 0 Å². The largest absolute Gasteiger partial charge is 0.495 e. The summed E-state index contributed by atoms with van der Waals surface area (Å²) in [5, 5.41) is 3.31. The zero-order chi connectivity index (χ0) is 20.4. The van der Waals surface area contributed by atoms with E-state index < -0.39 is 0 Å². The number of ether oxygens (including phenoxy) is 3. The van der Waals surface area contributed by atoms with Gasteiger partial charge in [-0.15, -0.1) is 0 Å². The number of halogens is 1. The molecule has 2 aromatic carbocycles. The second kappa shape index (κ2) is 11.4. The highest BCUT2D eigenvalue weighted by Crippen LogP contribution is 2.30. The molecule has 1 N–H and O–H groups in total. The Kier molecular flexibility index (Phi) is 8.95. The maximum atomic E-state index is 12.3. The van der Waals surface area contributed by atoms with E-state index in [1.807, 2.05) is 25.1 Å². The number of hydrogen-bond acceptors (Lipinski definition) is 4. The van der Waals surface area contributed by atoms with E-state index in [1.165, 1.54) is 0 Å². The fourth-order valence-electron chi connectivity index (χ4n) is 2.65. The quantitative estimate of drug-likeness (QED) is 0.501. The zero-order valence-corrected chi connectivity index (χ0v) is 17.5. The van der Waals surface area contributed by atoms with Crippen LogP contribution >= 0.6 is 11.6 Å². The molecule has 0 atom stereocenters. The Labute approximate surface area is 171 Å². The van der Waals surface area contributed by atoms with E-state index in [-0.39, 0.29) is 5.91 Å². The zero-order valence-electron chi connectivity index (χ0n) is 16.7. The molecule has 0 saturated carbocycles. The molecule has 152 valence electrons. The lowest BCUT2D eigenvalue weighted by atomic mass is 10.1. The summed E-state index contributed by atoms with van der Waals surface area (Å²) in [6.45, 7) is 5.30. The molecular formula is C22H28ClNO4. The van der Waals surface area contributed by atoms with Gasteiger partial charge in [-0.2, -0.15) is 0 Å². The molecule has 2 aromatic rings. The summed E-state index contributed by atoms with van der Waals surface area (Å²) in [7, 11) is 1.55. The lowest BCUT2D eigenvalue weighted by Gasteiger charge is -2.13. The van der Waals surface area contributed by atoms with Crippen molar-refractivity contribution in [2.45, 2.75) is 39.5 Å². The Balaban J connectivity index is 1.94. The second-order valence-electron chi connectivity index (χ2n) is 6.31. The monoisotopic (exact) mass is 405 g/mol. The van der Waals surface area contributed by atoms with Gasteiger partial charge in [0.05, 0.1) is 25.3 Å². The molecule has 0 spiro atoms. The van der Waals surface area contributed by atoms with Crippen LogP contribution in [0.2, 0.25) is 5.02 Å². The Morgan fingerprint density at radius 3 is 2.50 bits per heavy atom. The predicted octanol–water partition coefficient (Wildman–Crippen LogP) is 5.50. The van der Waals surface area contributed by atoms with Crippen molar-refractivity contribution in [3.8, 4) is 17.2 Å². The Morgan fingerprint density at radius 1 is 1.04 bits per heavy atom. The Bertz CT molecular complexity index is 779. The van der Waals surface area contributed by atoms with Crippen molar-refractivity contribution in [3.63, 3.8) is 0 Å². The van der Waals surface area contributed by atoms with Crippen LogP contribution in [0.5, 0.6) is 17.2 Å². The third kappa shape index (κ3) is 6.64. The highest BCUT2D eigenvalue weighted by atomic mass is 35.5. The number of unbranched alkanes of at least 4 members (excludes halogenated alkanes) is 1. The first kappa shape index (κ1) is 21.9. The van der Waals surface area contributed by atoms with Gasteiger partial charge in [-0.3, -0.25) is 4.79 Å². The van der Waals surface area contributed by atoms with Gasteiger partial charge in [0, 0.05) is 12.1 Å². The smallest absolute Gasteiger partial charge is 0.224 e. The van der Waals surface area contributed by atoms with Gasteiger partial charge in [-0.1, -0.05) is 31.0 Å². The molecule has 0 unspecified atom stereocenters. The minimum atomic E-state index is -0.0811. The third-order valence-electron chi connectivity index (χ3n) is 4.14. The molecule has 0 saturated heterocycles. The van der Waals surface area contributed by atoms with Crippen LogP contribution in [0.3, 0.4) is 0 Å². The minimum absolute atomic E-state index is 0.0811. The molecule has 0 fully saturated rings. The summed E-state index contributed by atoms with van der Waals surface area (Å²) in [6.07, 6.45) is 3.04. The fourth-order valence-corrected chi connectivity index (χ4v) is 2.91. The van der Waals surface area contributed by atoms with Gasteiger partial charge in [0.25, 0.3) is 0 Å². The highest BCUT2D eigenvalue weighted by molar-refractivity contribution is 6.32. The number of carbonyl (C=O) groups excluding carboxylic acids is 1. The first-order chi connectivity index (χ1) is 13.6.